The van der Waals surface area contributed by atoms with E-state index < -0.39 is 12.0 Å². The van der Waals surface area contributed by atoms with Crippen LogP contribution in [0.25, 0.3) is 0 Å². The van der Waals surface area contributed by atoms with Crippen molar-refractivity contribution in [1.29, 1.82) is 0 Å². The number of amides is 1. The van der Waals surface area contributed by atoms with Crippen molar-refractivity contribution in [1.82, 2.24) is 5.32 Å². The summed E-state index contributed by atoms with van der Waals surface area (Å²) in [5, 5.41) is 13.5. The minimum absolute atomic E-state index is 0.138. The second-order valence-electron chi connectivity index (χ2n) is 6.20. The molecule has 1 heterocycles. The van der Waals surface area contributed by atoms with E-state index in [9.17, 15) is 14.3 Å². The number of nitrogens with one attached hydrogen (secondary N) is 1. The highest BCUT2D eigenvalue weighted by Gasteiger charge is 2.32. The summed E-state index contributed by atoms with van der Waals surface area (Å²) in [6.45, 7) is 0.138. The molecule has 25 heavy (non-hydrogen) atoms. The lowest BCUT2D eigenvalue weighted by molar-refractivity contribution is -0.119. The fraction of sp³-hybridized carbons (Fsp3) is 0.316. The number of carbonyl (C=O) groups is 1. The number of nitrogens with two attached hydrogens (primary N) is 1. The van der Waals surface area contributed by atoms with Crippen molar-refractivity contribution in [3.05, 3.63) is 65.5 Å². The summed E-state index contributed by atoms with van der Waals surface area (Å²) < 4.78 is 19.2. The number of rotatable bonds is 6. The molecule has 4 N–H and O–H groups in total. The van der Waals surface area contributed by atoms with Crippen molar-refractivity contribution in [3.8, 4) is 5.75 Å². The molecule has 2 aromatic rings. The maximum Gasteiger partial charge on any atom is 0.234 e. The third-order valence-corrected chi connectivity index (χ3v) is 4.48. The van der Waals surface area contributed by atoms with Gasteiger partial charge in [0.2, 0.25) is 5.91 Å². The van der Waals surface area contributed by atoms with Gasteiger partial charge in [0.15, 0.2) is 0 Å². The molecule has 3 atom stereocenters. The zero-order valence-corrected chi connectivity index (χ0v) is 13.7. The minimum Gasteiger partial charge on any atom is -0.489 e. The number of ether oxygens (including phenoxy) is 1. The van der Waals surface area contributed by atoms with Crippen LogP contribution in [0, 0.1) is 5.82 Å². The molecular formula is C19H21FN2O3. The van der Waals surface area contributed by atoms with E-state index in [4.69, 9.17) is 10.5 Å². The number of carbonyl (C=O) groups excluding carboxylic acids is 1. The van der Waals surface area contributed by atoms with Gasteiger partial charge in [-0.05, 0) is 36.6 Å². The third kappa shape index (κ3) is 4.15. The van der Waals surface area contributed by atoms with Crippen LogP contribution in [0.1, 0.15) is 30.1 Å². The molecule has 1 saturated heterocycles. The standard InChI is InChI=1S/C19H21FN2O3/c20-15-4-2-1-3-13(15)11-25-14-7-5-12(6-8-14)18(23)16-9-10-17(22-16)19(21)24/h1-8,16-18,22-23H,9-11H2,(H2,21,24)/t16-,17+,18?/m1/s1. The van der Waals surface area contributed by atoms with Crippen molar-refractivity contribution >= 4 is 5.91 Å². The van der Waals surface area contributed by atoms with Gasteiger partial charge < -0.3 is 20.9 Å². The highest BCUT2D eigenvalue weighted by molar-refractivity contribution is 5.80. The van der Waals surface area contributed by atoms with E-state index in [1.165, 1.54) is 6.07 Å². The Morgan fingerprint density at radius 2 is 1.96 bits per heavy atom. The van der Waals surface area contributed by atoms with Crippen molar-refractivity contribution in [3.63, 3.8) is 0 Å². The summed E-state index contributed by atoms with van der Waals surface area (Å²) >= 11 is 0. The van der Waals surface area contributed by atoms with E-state index in [1.54, 1.807) is 42.5 Å². The predicted molar refractivity (Wildman–Crippen MR) is 91.3 cm³/mol. The van der Waals surface area contributed by atoms with Crippen molar-refractivity contribution in [2.24, 2.45) is 5.73 Å². The van der Waals surface area contributed by atoms with Crippen LogP contribution in [0.3, 0.4) is 0 Å². The van der Waals surface area contributed by atoms with Crippen LogP contribution in [0.15, 0.2) is 48.5 Å². The molecule has 0 radical (unpaired) electrons. The van der Waals surface area contributed by atoms with Crippen molar-refractivity contribution in [2.75, 3.05) is 0 Å². The van der Waals surface area contributed by atoms with Crippen LogP contribution in [-0.4, -0.2) is 23.1 Å². The van der Waals surface area contributed by atoms with Crippen LogP contribution in [-0.2, 0) is 11.4 Å². The zero-order chi connectivity index (χ0) is 17.8. The SMILES string of the molecule is NC(=O)[C@@H]1CC[C@H](C(O)c2ccc(OCc3ccccc3F)cc2)N1. The molecular weight excluding hydrogens is 323 g/mol. The first-order chi connectivity index (χ1) is 12.0. The minimum atomic E-state index is -0.732. The lowest BCUT2D eigenvalue weighted by atomic mass is 10.0. The lowest BCUT2D eigenvalue weighted by Gasteiger charge is -2.20. The highest BCUT2D eigenvalue weighted by Crippen LogP contribution is 2.27. The molecule has 0 spiro atoms. The summed E-state index contributed by atoms with van der Waals surface area (Å²) in [5.41, 5.74) is 6.49. The molecule has 0 bridgehead atoms. The van der Waals surface area contributed by atoms with Gasteiger partial charge in [-0.3, -0.25) is 4.79 Å². The highest BCUT2D eigenvalue weighted by atomic mass is 19.1. The Kier molecular flexibility index (Phi) is 5.31. The Balaban J connectivity index is 1.58. The summed E-state index contributed by atoms with van der Waals surface area (Å²) in [7, 11) is 0. The summed E-state index contributed by atoms with van der Waals surface area (Å²) in [5.74, 6) is -0.106. The van der Waals surface area contributed by atoms with Gasteiger partial charge in [0, 0.05) is 11.6 Å². The maximum atomic E-state index is 13.6. The van der Waals surface area contributed by atoms with Crippen LogP contribution < -0.4 is 15.8 Å². The fourth-order valence-electron chi connectivity index (χ4n) is 3.01. The van der Waals surface area contributed by atoms with Gasteiger partial charge in [0.1, 0.15) is 18.2 Å². The van der Waals surface area contributed by atoms with Gasteiger partial charge in [0.25, 0.3) is 0 Å². The van der Waals surface area contributed by atoms with E-state index in [-0.39, 0.29) is 24.5 Å². The van der Waals surface area contributed by atoms with E-state index in [0.29, 0.717) is 24.2 Å². The quantitative estimate of drug-likeness (QED) is 0.749. The second kappa shape index (κ2) is 7.63. The number of primary amides is 1. The lowest BCUT2D eigenvalue weighted by Crippen LogP contribution is -2.41. The summed E-state index contributed by atoms with van der Waals surface area (Å²) in [6, 6.07) is 12.9. The van der Waals surface area contributed by atoms with Gasteiger partial charge in [-0.2, -0.15) is 0 Å². The molecule has 1 fully saturated rings. The van der Waals surface area contributed by atoms with E-state index in [0.717, 1.165) is 5.56 Å². The van der Waals surface area contributed by atoms with Crippen molar-refractivity contribution in [2.45, 2.75) is 37.6 Å². The molecule has 1 aliphatic rings. The van der Waals surface area contributed by atoms with Gasteiger partial charge >= 0.3 is 0 Å². The first-order valence-electron chi connectivity index (χ1n) is 8.24. The Morgan fingerprint density at radius 3 is 2.60 bits per heavy atom. The summed E-state index contributed by atoms with van der Waals surface area (Å²) in [4.78, 5) is 11.2. The number of benzene rings is 2. The van der Waals surface area contributed by atoms with Crippen molar-refractivity contribution < 1.29 is 19.0 Å². The molecule has 3 rings (SSSR count). The normalized spacial score (nSPS) is 21.0. The fourth-order valence-corrected chi connectivity index (χ4v) is 3.01. The molecule has 0 saturated carbocycles. The maximum absolute atomic E-state index is 13.6. The van der Waals surface area contributed by atoms with E-state index in [2.05, 4.69) is 5.32 Å². The molecule has 5 nitrogen and oxygen atoms in total. The number of hydrogen-bond donors (Lipinski definition) is 3. The Bertz CT molecular complexity index is 736. The smallest absolute Gasteiger partial charge is 0.234 e. The predicted octanol–water partition coefficient (Wildman–Crippen LogP) is 2.04. The number of aliphatic hydroxyl groups is 1. The molecule has 1 unspecified atom stereocenters. The Labute approximate surface area is 145 Å². The second-order valence-corrected chi connectivity index (χ2v) is 6.20. The number of aliphatic hydroxyl groups excluding tert-OH is 1. The molecule has 0 aliphatic carbocycles. The number of hydrogen-bond acceptors (Lipinski definition) is 4. The van der Waals surface area contributed by atoms with Crippen LogP contribution in [0.5, 0.6) is 5.75 Å². The summed E-state index contributed by atoms with van der Waals surface area (Å²) in [6.07, 6.45) is 0.575. The molecule has 132 valence electrons. The Hall–Kier alpha value is -2.44. The molecule has 1 aliphatic heterocycles. The molecule has 1 amide bonds. The topological polar surface area (TPSA) is 84.6 Å². The molecule has 2 aromatic carbocycles. The number of halogens is 1. The van der Waals surface area contributed by atoms with E-state index >= 15 is 0 Å². The molecule has 6 heteroatoms. The van der Waals surface area contributed by atoms with Gasteiger partial charge in [-0.25, -0.2) is 4.39 Å². The first kappa shape index (κ1) is 17.4. The van der Waals surface area contributed by atoms with Crippen LogP contribution >= 0.6 is 0 Å². The van der Waals surface area contributed by atoms with Gasteiger partial charge in [-0.1, -0.05) is 30.3 Å². The van der Waals surface area contributed by atoms with Crippen LogP contribution in [0.4, 0.5) is 4.39 Å². The average molecular weight is 344 g/mol. The Morgan fingerprint density at radius 1 is 1.24 bits per heavy atom. The largest absolute Gasteiger partial charge is 0.489 e. The monoisotopic (exact) mass is 344 g/mol. The van der Waals surface area contributed by atoms with Crippen LogP contribution in [0.2, 0.25) is 0 Å². The molecule has 0 aromatic heterocycles. The first-order valence-corrected chi connectivity index (χ1v) is 8.24. The third-order valence-electron chi connectivity index (χ3n) is 4.48. The van der Waals surface area contributed by atoms with Gasteiger partial charge in [-0.15, -0.1) is 0 Å². The zero-order valence-electron chi connectivity index (χ0n) is 13.7. The van der Waals surface area contributed by atoms with E-state index in [1.807, 2.05) is 0 Å². The average Bonchev–Trinajstić information content (AvgIpc) is 3.11. The van der Waals surface area contributed by atoms with Gasteiger partial charge in [0.05, 0.1) is 12.1 Å².